The van der Waals surface area contributed by atoms with Crippen LogP contribution in [0.4, 0.5) is 0 Å². The van der Waals surface area contributed by atoms with Gasteiger partial charge in [0.1, 0.15) is 0 Å². The summed E-state index contributed by atoms with van der Waals surface area (Å²) in [6, 6.07) is 5.53. The van der Waals surface area contributed by atoms with Crippen LogP contribution in [0.25, 0.3) is 0 Å². The molecule has 0 radical (unpaired) electrons. The molecule has 1 unspecified atom stereocenters. The van der Waals surface area contributed by atoms with Crippen molar-refractivity contribution < 1.29 is 14.6 Å². The summed E-state index contributed by atoms with van der Waals surface area (Å²) in [5.74, 6) is 1.08. The van der Waals surface area contributed by atoms with E-state index in [1.807, 2.05) is 18.2 Å². The summed E-state index contributed by atoms with van der Waals surface area (Å²) in [4.78, 5) is 0. The lowest BCUT2D eigenvalue weighted by Gasteiger charge is -2.21. The Kier molecular flexibility index (Phi) is 2.49. The number of nitrogens with two attached hydrogens (primary N) is 1. The Morgan fingerprint density at radius 2 is 1.94 bits per heavy atom. The number of fused-ring (bicyclic) bond motifs is 1. The van der Waals surface area contributed by atoms with Gasteiger partial charge in [0.05, 0.1) is 6.10 Å². The zero-order valence-electron chi connectivity index (χ0n) is 9.69. The highest BCUT2D eigenvalue weighted by molar-refractivity contribution is 5.46. The van der Waals surface area contributed by atoms with Crippen LogP contribution in [-0.2, 0) is 0 Å². The Morgan fingerprint density at radius 1 is 1.24 bits per heavy atom. The lowest BCUT2D eigenvalue weighted by Crippen LogP contribution is -2.34. The highest BCUT2D eigenvalue weighted by atomic mass is 16.7. The lowest BCUT2D eigenvalue weighted by atomic mass is 10.1. The molecule has 0 amide bonds. The number of hydrogen-bond donors (Lipinski definition) is 2. The third-order valence-corrected chi connectivity index (χ3v) is 3.53. The second kappa shape index (κ2) is 3.89. The smallest absolute Gasteiger partial charge is 0.251 e. The molecule has 3 rings (SSSR count). The lowest BCUT2D eigenvalue weighted by molar-refractivity contribution is -0.0716. The van der Waals surface area contributed by atoms with Crippen molar-refractivity contribution in [2.75, 3.05) is 6.54 Å². The van der Waals surface area contributed by atoms with E-state index in [2.05, 4.69) is 0 Å². The first kappa shape index (κ1) is 10.9. The zero-order chi connectivity index (χ0) is 11.9. The first-order valence-electron chi connectivity index (χ1n) is 6.13. The first-order chi connectivity index (χ1) is 8.22. The number of aliphatic hydroxyl groups is 1. The normalized spacial score (nSPS) is 22.0. The molecule has 1 saturated carbocycles. The van der Waals surface area contributed by atoms with Crippen molar-refractivity contribution in [3.05, 3.63) is 23.8 Å². The highest BCUT2D eigenvalue weighted by Gasteiger charge is 2.44. The molecule has 1 heterocycles. The van der Waals surface area contributed by atoms with E-state index < -0.39 is 11.9 Å². The second-order valence-corrected chi connectivity index (χ2v) is 4.78. The van der Waals surface area contributed by atoms with Gasteiger partial charge in [-0.1, -0.05) is 6.07 Å². The summed E-state index contributed by atoms with van der Waals surface area (Å²) in [6.45, 7) is 0.213. The van der Waals surface area contributed by atoms with Crippen LogP contribution in [0.2, 0.25) is 0 Å². The summed E-state index contributed by atoms with van der Waals surface area (Å²) < 4.78 is 11.8. The van der Waals surface area contributed by atoms with E-state index in [-0.39, 0.29) is 6.54 Å². The van der Waals surface area contributed by atoms with Gasteiger partial charge in [-0.25, -0.2) is 0 Å². The quantitative estimate of drug-likeness (QED) is 0.819. The summed E-state index contributed by atoms with van der Waals surface area (Å²) in [7, 11) is 0. The molecule has 4 nitrogen and oxygen atoms in total. The number of rotatable bonds is 2. The van der Waals surface area contributed by atoms with Gasteiger partial charge < -0.3 is 20.3 Å². The number of ether oxygens (including phenoxy) is 2. The van der Waals surface area contributed by atoms with E-state index in [0.717, 1.165) is 42.7 Å². The molecule has 1 aromatic rings. The maximum Gasteiger partial charge on any atom is 0.251 e. The van der Waals surface area contributed by atoms with Crippen LogP contribution in [0.15, 0.2) is 18.2 Å². The SMILES string of the molecule is NCC(O)c1ccc2c(c1)OC1(CCCC1)O2. The van der Waals surface area contributed by atoms with Gasteiger partial charge >= 0.3 is 0 Å². The van der Waals surface area contributed by atoms with E-state index in [1.165, 1.54) is 0 Å². The average molecular weight is 235 g/mol. The van der Waals surface area contributed by atoms with E-state index in [9.17, 15) is 5.11 Å². The van der Waals surface area contributed by atoms with Crippen molar-refractivity contribution >= 4 is 0 Å². The van der Waals surface area contributed by atoms with Crippen LogP contribution >= 0.6 is 0 Å². The molecule has 1 fully saturated rings. The molecule has 1 aromatic carbocycles. The van der Waals surface area contributed by atoms with E-state index >= 15 is 0 Å². The first-order valence-corrected chi connectivity index (χ1v) is 6.13. The minimum Gasteiger partial charge on any atom is -0.448 e. The minimum atomic E-state index is -0.635. The molecule has 0 bridgehead atoms. The van der Waals surface area contributed by atoms with Crippen LogP contribution < -0.4 is 15.2 Å². The molecule has 2 aliphatic rings. The molecule has 92 valence electrons. The van der Waals surface area contributed by atoms with Crippen LogP contribution in [-0.4, -0.2) is 17.4 Å². The summed E-state index contributed by atoms with van der Waals surface area (Å²) in [5.41, 5.74) is 6.23. The van der Waals surface area contributed by atoms with Gasteiger partial charge in [-0.05, 0) is 30.5 Å². The Labute approximate surface area is 100 Å². The predicted molar refractivity (Wildman–Crippen MR) is 62.9 cm³/mol. The molecule has 4 heteroatoms. The van der Waals surface area contributed by atoms with E-state index in [0.29, 0.717) is 0 Å². The van der Waals surface area contributed by atoms with E-state index in [4.69, 9.17) is 15.2 Å². The van der Waals surface area contributed by atoms with Crippen molar-refractivity contribution in [2.45, 2.75) is 37.6 Å². The highest BCUT2D eigenvalue weighted by Crippen LogP contribution is 2.47. The van der Waals surface area contributed by atoms with Gasteiger partial charge in [0.2, 0.25) is 0 Å². The molecular formula is C13H17NO3. The van der Waals surface area contributed by atoms with Crippen molar-refractivity contribution in [1.29, 1.82) is 0 Å². The largest absolute Gasteiger partial charge is 0.448 e. The Hall–Kier alpha value is -1.26. The molecule has 17 heavy (non-hydrogen) atoms. The van der Waals surface area contributed by atoms with Crippen molar-refractivity contribution in [3.8, 4) is 11.5 Å². The van der Waals surface area contributed by atoms with Gasteiger partial charge in [-0.2, -0.15) is 0 Å². The van der Waals surface area contributed by atoms with Crippen molar-refractivity contribution in [1.82, 2.24) is 0 Å². The van der Waals surface area contributed by atoms with Crippen molar-refractivity contribution in [3.63, 3.8) is 0 Å². The number of aliphatic hydroxyl groups excluding tert-OH is 1. The molecule has 1 aliphatic carbocycles. The minimum absolute atomic E-state index is 0.213. The third kappa shape index (κ3) is 1.77. The van der Waals surface area contributed by atoms with Gasteiger partial charge in [-0.3, -0.25) is 0 Å². The molecule has 3 N–H and O–H groups in total. The zero-order valence-corrected chi connectivity index (χ0v) is 9.69. The van der Waals surface area contributed by atoms with Crippen molar-refractivity contribution in [2.24, 2.45) is 5.73 Å². The molecule has 1 aliphatic heterocycles. The maximum absolute atomic E-state index is 9.70. The monoisotopic (exact) mass is 235 g/mol. The van der Waals surface area contributed by atoms with Crippen LogP contribution in [0.1, 0.15) is 37.4 Å². The van der Waals surface area contributed by atoms with Crippen LogP contribution in [0, 0.1) is 0 Å². The molecule has 1 spiro atoms. The topological polar surface area (TPSA) is 64.7 Å². The fourth-order valence-corrected chi connectivity index (χ4v) is 2.57. The second-order valence-electron chi connectivity index (χ2n) is 4.78. The summed E-state index contributed by atoms with van der Waals surface area (Å²) >= 11 is 0. The fraction of sp³-hybridized carbons (Fsp3) is 0.538. The molecule has 0 aromatic heterocycles. The Bertz CT molecular complexity index is 427. The summed E-state index contributed by atoms with van der Waals surface area (Å²) in [5, 5.41) is 9.70. The average Bonchev–Trinajstić information content (AvgIpc) is 2.94. The molecule has 0 saturated heterocycles. The molecular weight excluding hydrogens is 218 g/mol. The predicted octanol–water partition coefficient (Wildman–Crippen LogP) is 1.72. The fourth-order valence-electron chi connectivity index (χ4n) is 2.57. The van der Waals surface area contributed by atoms with Gasteiger partial charge in [0.25, 0.3) is 5.79 Å². The van der Waals surface area contributed by atoms with Gasteiger partial charge in [0.15, 0.2) is 11.5 Å². The van der Waals surface area contributed by atoms with Crippen LogP contribution in [0.5, 0.6) is 11.5 Å². The molecule has 1 atom stereocenters. The standard InChI is InChI=1S/C13H17NO3/c14-8-10(15)9-3-4-11-12(7-9)17-13(16-11)5-1-2-6-13/h3-4,7,10,15H,1-2,5-6,8,14H2. The number of benzene rings is 1. The summed E-state index contributed by atoms with van der Waals surface area (Å²) in [6.07, 6.45) is 3.54. The Morgan fingerprint density at radius 3 is 2.65 bits per heavy atom. The van der Waals surface area contributed by atoms with Crippen LogP contribution in [0.3, 0.4) is 0 Å². The van der Waals surface area contributed by atoms with Gasteiger partial charge in [-0.15, -0.1) is 0 Å². The maximum atomic E-state index is 9.70. The number of hydrogen-bond acceptors (Lipinski definition) is 4. The van der Waals surface area contributed by atoms with E-state index in [1.54, 1.807) is 0 Å². The third-order valence-electron chi connectivity index (χ3n) is 3.53. The van der Waals surface area contributed by atoms with Gasteiger partial charge in [0, 0.05) is 19.4 Å². The Balaban J connectivity index is 1.87.